The Kier molecular flexibility index (Phi) is 10.8. The summed E-state index contributed by atoms with van der Waals surface area (Å²) in [5.41, 5.74) is 0.495. The summed E-state index contributed by atoms with van der Waals surface area (Å²) in [6, 6.07) is 8.16. The van der Waals surface area contributed by atoms with Crippen LogP contribution in [0.1, 0.15) is 44.6 Å². The molecule has 1 unspecified atom stereocenters. The van der Waals surface area contributed by atoms with Gasteiger partial charge >= 0.3 is 0 Å². The maximum Gasteiger partial charge on any atom is 0.0883 e. The topological polar surface area (TPSA) is 26.7 Å². The van der Waals surface area contributed by atoms with E-state index in [1.54, 1.807) is 0 Å². The van der Waals surface area contributed by atoms with Crippen LogP contribution in [-0.4, -0.2) is 60.3 Å². The number of aliphatic hydroxyl groups is 1. The van der Waals surface area contributed by atoms with Crippen molar-refractivity contribution in [2.45, 2.75) is 48.1 Å². The Hall–Kier alpha value is 0.700. The van der Waals surface area contributed by atoms with E-state index in [-0.39, 0.29) is 28.2 Å². The first kappa shape index (κ1) is 26.7. The molecular formula is C21H34Cl3IN2O. The highest BCUT2D eigenvalue weighted by atomic mass is 127. The van der Waals surface area contributed by atoms with Crippen LogP contribution in [0.4, 0.5) is 0 Å². The van der Waals surface area contributed by atoms with Gasteiger partial charge < -0.3 is 10.0 Å². The largest absolute Gasteiger partial charge is 0.388 e. The maximum absolute atomic E-state index is 11.8. The molecule has 7 heteroatoms. The molecule has 1 N–H and O–H groups in total. The van der Waals surface area contributed by atoms with E-state index < -0.39 is 5.60 Å². The molecule has 0 bridgehead atoms. The van der Waals surface area contributed by atoms with Crippen molar-refractivity contribution >= 4 is 59.0 Å². The van der Waals surface area contributed by atoms with Crippen LogP contribution in [0.5, 0.6) is 0 Å². The first-order valence-corrected chi connectivity index (χ1v) is 11.4. The lowest BCUT2D eigenvalue weighted by atomic mass is 9.69. The summed E-state index contributed by atoms with van der Waals surface area (Å²) in [5, 5.41) is 12.6. The third kappa shape index (κ3) is 5.89. The zero-order valence-electron chi connectivity index (χ0n) is 16.9. The Labute approximate surface area is 201 Å². The van der Waals surface area contributed by atoms with Crippen LogP contribution in [0, 0.1) is 5.92 Å². The lowest BCUT2D eigenvalue weighted by Gasteiger charge is -2.50. The molecular weight excluding hydrogens is 530 g/mol. The predicted molar refractivity (Wildman–Crippen MR) is 133 cm³/mol. The third-order valence-corrected chi connectivity index (χ3v) is 8.77. The molecule has 3 nitrogen and oxygen atoms in total. The van der Waals surface area contributed by atoms with Gasteiger partial charge in [0, 0.05) is 37.7 Å². The molecule has 1 aliphatic heterocycles. The van der Waals surface area contributed by atoms with Crippen LogP contribution in [0.15, 0.2) is 24.3 Å². The summed E-state index contributed by atoms with van der Waals surface area (Å²) in [6.07, 6.45) is 5.24. The van der Waals surface area contributed by atoms with Gasteiger partial charge in [-0.05, 0) is 56.3 Å². The Morgan fingerprint density at radius 1 is 1.18 bits per heavy atom. The second-order valence-corrected chi connectivity index (χ2v) is 10.6. The van der Waals surface area contributed by atoms with Crippen molar-refractivity contribution in [3.63, 3.8) is 0 Å². The number of hydrogen-bond acceptors (Lipinski definition) is 3. The highest BCUT2D eigenvalue weighted by Crippen LogP contribution is 2.51. The molecule has 2 aliphatic rings. The number of piperazine rings is 1. The molecule has 1 heterocycles. The molecule has 3 rings (SSSR count). The van der Waals surface area contributed by atoms with Crippen molar-refractivity contribution in [1.82, 2.24) is 9.80 Å². The number of rotatable bonds is 5. The zero-order chi connectivity index (χ0) is 18.8. The molecule has 1 atom stereocenters. The maximum atomic E-state index is 11.8. The van der Waals surface area contributed by atoms with E-state index in [1.165, 1.54) is 12.0 Å². The van der Waals surface area contributed by atoms with Crippen molar-refractivity contribution in [1.29, 1.82) is 0 Å². The molecule has 0 aromatic heterocycles. The standard InChI is InChI=1S/C21H32ClIN2O.2ClH/c1-3-17-7-9-20(26,10-8-17)21(23,18-5-4-6-19(22)15-18)16-25-13-11-24(2)12-14-25;;/h4-6,15,17,26H,3,7-14,16H2,1-2H3;2*1H. The summed E-state index contributed by atoms with van der Waals surface area (Å²) < 4.78 is -0.329. The van der Waals surface area contributed by atoms with Gasteiger partial charge in [0.1, 0.15) is 0 Å². The second kappa shape index (κ2) is 11.4. The smallest absolute Gasteiger partial charge is 0.0883 e. The number of alkyl halides is 1. The van der Waals surface area contributed by atoms with Gasteiger partial charge in [0.25, 0.3) is 0 Å². The van der Waals surface area contributed by atoms with Crippen LogP contribution >= 0.6 is 59.0 Å². The number of likely N-dealkylation sites (N-methyl/N-ethyl adjacent to an activating group) is 1. The molecule has 2 fully saturated rings. The molecule has 28 heavy (non-hydrogen) atoms. The highest BCUT2D eigenvalue weighted by Gasteiger charge is 2.51. The predicted octanol–water partition coefficient (Wildman–Crippen LogP) is 5.39. The number of benzene rings is 1. The van der Waals surface area contributed by atoms with Crippen LogP contribution in [0.3, 0.4) is 0 Å². The minimum Gasteiger partial charge on any atom is -0.388 e. The molecule has 1 aromatic carbocycles. The van der Waals surface area contributed by atoms with E-state index in [0.717, 1.165) is 69.3 Å². The SMILES string of the molecule is CCC1CCC(O)(C(I)(CN2CCN(C)CC2)c2cccc(Cl)c2)CC1.Cl.Cl. The summed E-state index contributed by atoms with van der Waals surface area (Å²) >= 11 is 8.89. The van der Waals surface area contributed by atoms with Gasteiger partial charge in [0.2, 0.25) is 0 Å². The van der Waals surface area contributed by atoms with Crippen molar-refractivity contribution < 1.29 is 5.11 Å². The van der Waals surface area contributed by atoms with Gasteiger partial charge in [-0.1, -0.05) is 59.7 Å². The highest BCUT2D eigenvalue weighted by molar-refractivity contribution is 14.1. The number of hydrogen-bond donors (Lipinski definition) is 1. The summed E-state index contributed by atoms with van der Waals surface area (Å²) in [4.78, 5) is 4.91. The van der Waals surface area contributed by atoms with Crippen molar-refractivity contribution in [2.24, 2.45) is 5.92 Å². The molecule has 0 radical (unpaired) electrons. The van der Waals surface area contributed by atoms with E-state index in [9.17, 15) is 5.11 Å². The molecule has 0 amide bonds. The summed E-state index contributed by atoms with van der Waals surface area (Å²) in [7, 11) is 2.19. The fraction of sp³-hybridized carbons (Fsp3) is 0.714. The fourth-order valence-corrected chi connectivity index (χ4v) is 6.06. The number of halogens is 4. The van der Waals surface area contributed by atoms with Crippen LogP contribution in [0.25, 0.3) is 0 Å². The first-order valence-electron chi connectivity index (χ1n) is 9.94. The van der Waals surface area contributed by atoms with Gasteiger partial charge in [0.15, 0.2) is 0 Å². The lowest BCUT2D eigenvalue weighted by molar-refractivity contribution is -0.0510. The van der Waals surface area contributed by atoms with Gasteiger partial charge in [-0.25, -0.2) is 0 Å². The Morgan fingerprint density at radius 3 is 2.32 bits per heavy atom. The fourth-order valence-electron chi connectivity index (χ4n) is 4.52. The minimum atomic E-state index is -0.673. The van der Waals surface area contributed by atoms with Crippen LogP contribution < -0.4 is 0 Å². The van der Waals surface area contributed by atoms with Gasteiger partial charge in [0.05, 0.1) is 9.02 Å². The van der Waals surface area contributed by atoms with Crippen molar-refractivity contribution in [2.75, 3.05) is 39.8 Å². The van der Waals surface area contributed by atoms with E-state index in [4.69, 9.17) is 11.6 Å². The third-order valence-electron chi connectivity index (χ3n) is 6.57. The Morgan fingerprint density at radius 2 is 1.79 bits per heavy atom. The van der Waals surface area contributed by atoms with Crippen molar-refractivity contribution in [3.05, 3.63) is 34.9 Å². The molecule has 162 valence electrons. The molecule has 1 aliphatic carbocycles. The van der Waals surface area contributed by atoms with Gasteiger partial charge in [-0.3, -0.25) is 4.90 Å². The average molecular weight is 564 g/mol. The van der Waals surface area contributed by atoms with Crippen LogP contribution in [-0.2, 0) is 3.42 Å². The quantitative estimate of drug-likeness (QED) is 0.384. The van der Waals surface area contributed by atoms with E-state index in [2.05, 4.69) is 58.5 Å². The second-order valence-electron chi connectivity index (χ2n) is 8.27. The molecule has 1 aromatic rings. The van der Waals surface area contributed by atoms with E-state index in [1.807, 2.05) is 12.1 Å². The monoisotopic (exact) mass is 562 g/mol. The van der Waals surface area contributed by atoms with Gasteiger partial charge in [-0.15, -0.1) is 24.8 Å². The molecule has 1 saturated heterocycles. The summed E-state index contributed by atoms with van der Waals surface area (Å²) in [6.45, 7) is 7.48. The Balaban J connectivity index is 0.00000196. The van der Waals surface area contributed by atoms with Gasteiger partial charge in [-0.2, -0.15) is 0 Å². The minimum absolute atomic E-state index is 0. The summed E-state index contributed by atoms with van der Waals surface area (Å²) in [5.74, 6) is 0.763. The molecule has 0 spiro atoms. The van der Waals surface area contributed by atoms with E-state index >= 15 is 0 Å². The lowest BCUT2D eigenvalue weighted by Crippen LogP contribution is -2.57. The van der Waals surface area contributed by atoms with Crippen LogP contribution in [0.2, 0.25) is 5.02 Å². The molecule has 1 saturated carbocycles. The van der Waals surface area contributed by atoms with Crippen molar-refractivity contribution in [3.8, 4) is 0 Å². The average Bonchev–Trinajstić information content (AvgIpc) is 2.64. The Bertz CT molecular complexity index is 605. The number of nitrogens with zero attached hydrogens (tertiary/aromatic N) is 2. The van der Waals surface area contributed by atoms with E-state index in [0.29, 0.717) is 0 Å². The normalized spacial score (nSPS) is 28.7. The zero-order valence-corrected chi connectivity index (χ0v) is 21.4. The first-order chi connectivity index (χ1) is 12.4.